The average molecular weight is 1110 g/mol. The van der Waals surface area contributed by atoms with Crippen LogP contribution < -0.4 is 0 Å². The maximum atomic E-state index is 2.48. The van der Waals surface area contributed by atoms with Crippen molar-refractivity contribution in [1.82, 2.24) is 9.13 Å². The Kier molecular flexibility index (Phi) is 9.75. The van der Waals surface area contributed by atoms with Crippen LogP contribution in [0, 0.1) is 0 Å². The molecule has 0 unspecified atom stereocenters. The molecule has 0 fully saturated rings. The van der Waals surface area contributed by atoms with Gasteiger partial charge in [-0.15, -0.1) is 0 Å². The molecule has 16 aromatic carbocycles. The zero-order valence-corrected chi connectivity index (χ0v) is 47.8. The molecule has 18 aromatic rings. The number of nitrogens with zero attached hydrogens (tertiary/aromatic N) is 2. The quantitative estimate of drug-likeness (QED) is 0.147. The van der Waals surface area contributed by atoms with Crippen LogP contribution in [0.15, 0.2) is 303 Å². The van der Waals surface area contributed by atoms with Crippen LogP contribution in [-0.4, -0.2) is 9.13 Å². The minimum atomic E-state index is 1.14. The van der Waals surface area contributed by atoms with E-state index in [1.165, 1.54) is 192 Å². The van der Waals surface area contributed by atoms with Crippen molar-refractivity contribution in [2.45, 2.75) is 0 Å². The zero-order valence-electron chi connectivity index (χ0n) is 47.8. The molecule has 0 radical (unpaired) electrons. The van der Waals surface area contributed by atoms with Crippen molar-refractivity contribution in [3.63, 3.8) is 0 Å². The third kappa shape index (κ3) is 6.77. The van der Waals surface area contributed by atoms with Gasteiger partial charge < -0.3 is 9.13 Å². The summed E-state index contributed by atoms with van der Waals surface area (Å²) in [6.45, 7) is 0. The monoisotopic (exact) mass is 1110 g/mol. The summed E-state index contributed by atoms with van der Waals surface area (Å²) in [5, 5.41) is 18.0. The summed E-state index contributed by atoms with van der Waals surface area (Å²) in [5.74, 6) is 0. The second kappa shape index (κ2) is 18.0. The summed E-state index contributed by atoms with van der Waals surface area (Å²) in [7, 11) is 0. The van der Waals surface area contributed by atoms with E-state index in [2.05, 4.69) is 312 Å². The molecule has 0 saturated heterocycles. The fourth-order valence-corrected chi connectivity index (χ4v) is 15.7. The van der Waals surface area contributed by atoms with Crippen LogP contribution in [0.4, 0.5) is 0 Å². The van der Waals surface area contributed by atoms with Gasteiger partial charge in [-0.1, -0.05) is 212 Å². The molecule has 0 amide bonds. The lowest BCUT2D eigenvalue weighted by molar-refractivity contribution is 1.18. The first-order valence-corrected chi connectivity index (χ1v) is 30.6. The Bertz CT molecular complexity index is 6110. The van der Waals surface area contributed by atoms with Crippen LogP contribution in [0.3, 0.4) is 0 Å². The molecule has 2 aliphatic carbocycles. The Morgan fingerprint density at radius 1 is 0.159 bits per heavy atom. The van der Waals surface area contributed by atoms with Gasteiger partial charge in [0.1, 0.15) is 0 Å². The minimum absolute atomic E-state index is 1.14. The molecule has 2 aliphatic rings. The van der Waals surface area contributed by atoms with E-state index in [1.807, 2.05) is 0 Å². The fraction of sp³-hybridized carbons (Fsp3) is 0. The van der Waals surface area contributed by atoms with Crippen molar-refractivity contribution < 1.29 is 0 Å². The summed E-state index contributed by atoms with van der Waals surface area (Å²) in [4.78, 5) is 0. The molecule has 0 spiro atoms. The predicted molar refractivity (Wildman–Crippen MR) is 373 cm³/mol. The van der Waals surface area contributed by atoms with Gasteiger partial charge in [-0.25, -0.2) is 0 Å². The topological polar surface area (TPSA) is 9.86 Å². The van der Waals surface area contributed by atoms with Gasteiger partial charge in [-0.2, -0.15) is 0 Å². The Hall–Kier alpha value is -11.6. The van der Waals surface area contributed by atoms with Gasteiger partial charge in [-0.05, 0) is 234 Å². The maximum absolute atomic E-state index is 2.48. The fourth-order valence-electron chi connectivity index (χ4n) is 15.7. The van der Waals surface area contributed by atoms with Crippen molar-refractivity contribution >= 4 is 97.5 Å². The number of benzene rings is 16. The first kappa shape index (κ1) is 47.7. The van der Waals surface area contributed by atoms with Crippen molar-refractivity contribution in [3.8, 4) is 100 Å². The lowest BCUT2D eigenvalue weighted by Crippen LogP contribution is -1.94. The second-order valence-electron chi connectivity index (χ2n) is 24.3. The number of hydrogen-bond donors (Lipinski definition) is 0. The summed E-state index contributed by atoms with van der Waals surface area (Å²) in [5.41, 5.74) is 27.2. The molecular weight excluding hydrogens is 1060 g/mol. The van der Waals surface area contributed by atoms with Crippen LogP contribution >= 0.6 is 0 Å². The van der Waals surface area contributed by atoms with E-state index < -0.39 is 0 Å². The van der Waals surface area contributed by atoms with Crippen molar-refractivity contribution in [2.24, 2.45) is 0 Å². The normalized spacial score (nSPS) is 12.3. The van der Waals surface area contributed by atoms with E-state index in [0.717, 1.165) is 5.69 Å². The number of rotatable bonds is 6. The number of para-hydroxylation sites is 3. The standard InChI is InChI=1S/C86H50N2/c1-2-18-61(19-3-1)87-82-29-9-7-23-68(82)78-47-58(36-41-83(78)87)53-16-10-15-52(42-53)56-33-38-64-71-26-13-27-73-74-44-55(30-31-60(74)48-79(86(71)73)75(64)45-56)59-35-40-69-67-22-6-8-28-81(67)88(84(69)49-59)62-20-11-17-54(43-62)57-34-39-65-70-24-12-25-72-66-37-32-51-14-4-5-21-63(51)77(66)50-80(85(70)72)76(65)46-57/h1-50H. The molecule has 2 heterocycles. The third-order valence-electron chi connectivity index (χ3n) is 19.7. The van der Waals surface area contributed by atoms with Gasteiger partial charge >= 0.3 is 0 Å². The Morgan fingerprint density at radius 2 is 0.625 bits per heavy atom. The van der Waals surface area contributed by atoms with Gasteiger partial charge in [0.25, 0.3) is 0 Å². The van der Waals surface area contributed by atoms with E-state index in [9.17, 15) is 0 Å². The molecule has 2 aromatic heterocycles. The van der Waals surface area contributed by atoms with Gasteiger partial charge in [0.15, 0.2) is 0 Å². The molecule has 20 rings (SSSR count). The molecule has 2 nitrogen and oxygen atoms in total. The van der Waals surface area contributed by atoms with Crippen molar-refractivity contribution in [3.05, 3.63) is 303 Å². The molecule has 0 atom stereocenters. The average Bonchev–Trinajstić information content (AvgIpc) is 1.90. The van der Waals surface area contributed by atoms with Crippen LogP contribution in [-0.2, 0) is 0 Å². The largest absolute Gasteiger partial charge is 0.309 e. The zero-order chi connectivity index (χ0) is 57.3. The Labute approximate surface area is 507 Å². The van der Waals surface area contributed by atoms with Crippen LogP contribution in [0.5, 0.6) is 0 Å². The highest BCUT2D eigenvalue weighted by atomic mass is 15.0. The highest BCUT2D eigenvalue weighted by Gasteiger charge is 2.27. The lowest BCUT2D eigenvalue weighted by atomic mass is 9.93. The van der Waals surface area contributed by atoms with Crippen molar-refractivity contribution in [1.29, 1.82) is 0 Å². The molecule has 404 valence electrons. The van der Waals surface area contributed by atoms with E-state index >= 15 is 0 Å². The highest BCUT2D eigenvalue weighted by molar-refractivity contribution is 6.28. The first-order chi connectivity index (χ1) is 43.6. The van der Waals surface area contributed by atoms with Crippen molar-refractivity contribution in [2.75, 3.05) is 0 Å². The minimum Gasteiger partial charge on any atom is -0.309 e. The lowest BCUT2D eigenvalue weighted by Gasteiger charge is -2.13. The molecule has 2 heteroatoms. The molecule has 88 heavy (non-hydrogen) atoms. The van der Waals surface area contributed by atoms with Gasteiger partial charge in [0.2, 0.25) is 0 Å². The molecular formula is C86H50N2. The third-order valence-corrected chi connectivity index (χ3v) is 19.7. The SMILES string of the molecule is c1ccc(-n2c3ccccc3c3cc(-c4cccc(-c5ccc6c(c5)-c5cc7ccc(-c8ccc9c%10ccccc%10n(-c%10cccc(-c%11ccc%12c(c%11)-c%11cc%13c%14ccccc%14ccc%13c%13cccc-%12c%11%13)c%10)c9c8)cc7c7cccc-6c57)c4)ccc32)cc1. The van der Waals surface area contributed by atoms with E-state index in [-0.39, 0.29) is 0 Å². The molecule has 0 bridgehead atoms. The molecule has 0 N–H and O–H groups in total. The Balaban J connectivity index is 0.657. The summed E-state index contributed by atoms with van der Waals surface area (Å²) in [6.07, 6.45) is 0. The Morgan fingerprint density at radius 3 is 1.36 bits per heavy atom. The van der Waals surface area contributed by atoms with E-state index in [0.29, 0.717) is 0 Å². The number of hydrogen-bond acceptors (Lipinski definition) is 0. The summed E-state index contributed by atoms with van der Waals surface area (Å²) in [6, 6.07) is 114. The number of fused-ring (bicyclic) bond motifs is 18. The smallest absolute Gasteiger partial charge is 0.0547 e. The van der Waals surface area contributed by atoms with Gasteiger partial charge in [0, 0.05) is 32.9 Å². The van der Waals surface area contributed by atoms with Crippen LogP contribution in [0.25, 0.3) is 198 Å². The predicted octanol–water partition coefficient (Wildman–Crippen LogP) is 23.6. The summed E-state index contributed by atoms with van der Waals surface area (Å²) >= 11 is 0. The first-order valence-electron chi connectivity index (χ1n) is 30.6. The number of aromatic nitrogens is 2. The van der Waals surface area contributed by atoms with Crippen LogP contribution in [0.1, 0.15) is 0 Å². The van der Waals surface area contributed by atoms with E-state index in [4.69, 9.17) is 0 Å². The second-order valence-corrected chi connectivity index (χ2v) is 24.3. The highest BCUT2D eigenvalue weighted by Crippen LogP contribution is 2.53. The van der Waals surface area contributed by atoms with Gasteiger partial charge in [-0.3, -0.25) is 0 Å². The van der Waals surface area contributed by atoms with Crippen LogP contribution in [0.2, 0.25) is 0 Å². The van der Waals surface area contributed by atoms with Gasteiger partial charge in [0.05, 0.1) is 22.1 Å². The maximum Gasteiger partial charge on any atom is 0.0547 e. The van der Waals surface area contributed by atoms with E-state index in [1.54, 1.807) is 0 Å². The summed E-state index contributed by atoms with van der Waals surface area (Å²) < 4.78 is 4.86. The molecule has 0 saturated carbocycles. The molecule has 0 aliphatic heterocycles.